The summed E-state index contributed by atoms with van der Waals surface area (Å²) in [6.07, 6.45) is 9.60. The predicted octanol–water partition coefficient (Wildman–Crippen LogP) is 3.17. The first kappa shape index (κ1) is 17.4. The van der Waals surface area contributed by atoms with Crippen LogP contribution in [0.1, 0.15) is 38.4 Å². The molecule has 0 radical (unpaired) electrons. The van der Waals surface area contributed by atoms with Crippen molar-refractivity contribution in [1.82, 2.24) is 24.8 Å². The molecular weight excluding hydrogens is 366 g/mol. The van der Waals surface area contributed by atoms with Crippen molar-refractivity contribution < 1.29 is 4.79 Å². The summed E-state index contributed by atoms with van der Waals surface area (Å²) in [5, 5.41) is 6.17. The van der Waals surface area contributed by atoms with E-state index in [1.165, 1.54) is 11.3 Å². The minimum Gasteiger partial charge on any atom is -0.350 e. The number of hydrogen-bond donors (Lipinski definition) is 1. The third-order valence-corrected chi connectivity index (χ3v) is 6.53. The molecule has 1 atom stereocenters. The zero-order chi connectivity index (χ0) is 17.8. The first-order chi connectivity index (χ1) is 12.8. The Kier molecular flexibility index (Phi) is 5.42. The molecule has 136 valence electrons. The first-order valence-corrected chi connectivity index (χ1v) is 10.5. The Bertz CT molecular complexity index is 828. The Morgan fingerprint density at radius 2 is 2.31 bits per heavy atom. The standard InChI is InChI=1S/C18H21N5OS2/c24-18(21-6-10-22-9-5-19-13-22)16-4-3-15(26-16)14-2-1-8-23(14)12-17-20-7-11-25-17/h3-5,7,9,11,13-14H,1-2,6,8,10,12H2,(H,21,24). The summed E-state index contributed by atoms with van der Waals surface area (Å²) in [6.45, 7) is 3.32. The number of aromatic nitrogens is 3. The molecule has 1 saturated heterocycles. The Morgan fingerprint density at radius 1 is 1.35 bits per heavy atom. The first-order valence-electron chi connectivity index (χ1n) is 8.76. The smallest absolute Gasteiger partial charge is 0.261 e. The van der Waals surface area contributed by atoms with Crippen molar-refractivity contribution in [2.75, 3.05) is 13.1 Å². The van der Waals surface area contributed by atoms with Gasteiger partial charge in [0, 0.05) is 48.0 Å². The molecule has 1 N–H and O–H groups in total. The highest BCUT2D eigenvalue weighted by Gasteiger charge is 2.28. The van der Waals surface area contributed by atoms with E-state index >= 15 is 0 Å². The Labute approximate surface area is 160 Å². The summed E-state index contributed by atoms with van der Waals surface area (Å²) in [4.78, 5) is 25.3. The molecule has 0 spiro atoms. The van der Waals surface area contributed by atoms with Crippen molar-refractivity contribution in [1.29, 1.82) is 0 Å². The number of carbonyl (C=O) groups excluding carboxylic acids is 1. The largest absolute Gasteiger partial charge is 0.350 e. The van der Waals surface area contributed by atoms with Crippen LogP contribution >= 0.6 is 22.7 Å². The number of thiazole rings is 1. The number of hydrogen-bond acceptors (Lipinski definition) is 6. The van der Waals surface area contributed by atoms with E-state index in [0.717, 1.165) is 35.9 Å². The van der Waals surface area contributed by atoms with Crippen molar-refractivity contribution in [2.24, 2.45) is 0 Å². The summed E-state index contributed by atoms with van der Waals surface area (Å²) in [5.41, 5.74) is 0. The van der Waals surface area contributed by atoms with E-state index in [1.54, 1.807) is 35.2 Å². The number of nitrogens with zero attached hydrogens (tertiary/aromatic N) is 4. The molecule has 0 aromatic carbocycles. The van der Waals surface area contributed by atoms with E-state index in [9.17, 15) is 4.79 Å². The van der Waals surface area contributed by atoms with Gasteiger partial charge >= 0.3 is 0 Å². The molecule has 3 aromatic heterocycles. The van der Waals surface area contributed by atoms with E-state index in [1.807, 2.05) is 28.4 Å². The van der Waals surface area contributed by atoms with Gasteiger partial charge in [0.2, 0.25) is 0 Å². The molecule has 1 fully saturated rings. The maximum Gasteiger partial charge on any atom is 0.261 e. The lowest BCUT2D eigenvalue weighted by atomic mass is 10.2. The summed E-state index contributed by atoms with van der Waals surface area (Å²) >= 11 is 3.32. The van der Waals surface area contributed by atoms with Gasteiger partial charge in [-0.1, -0.05) is 0 Å². The number of carbonyl (C=O) groups is 1. The van der Waals surface area contributed by atoms with Gasteiger partial charge in [-0.2, -0.15) is 0 Å². The average molecular weight is 388 g/mol. The van der Waals surface area contributed by atoms with E-state index < -0.39 is 0 Å². The van der Waals surface area contributed by atoms with Gasteiger partial charge in [-0.25, -0.2) is 9.97 Å². The van der Waals surface area contributed by atoms with E-state index in [-0.39, 0.29) is 5.91 Å². The van der Waals surface area contributed by atoms with Crippen LogP contribution in [-0.4, -0.2) is 38.4 Å². The van der Waals surface area contributed by atoms with Gasteiger partial charge in [-0.05, 0) is 31.5 Å². The van der Waals surface area contributed by atoms with Crippen LogP contribution in [0.2, 0.25) is 0 Å². The van der Waals surface area contributed by atoms with E-state index in [0.29, 0.717) is 12.6 Å². The summed E-state index contributed by atoms with van der Waals surface area (Å²) in [5.74, 6) is 0.00540. The van der Waals surface area contributed by atoms with Crippen molar-refractivity contribution in [3.05, 3.63) is 57.2 Å². The van der Waals surface area contributed by atoms with E-state index in [4.69, 9.17) is 0 Å². The molecule has 0 saturated carbocycles. The zero-order valence-electron chi connectivity index (χ0n) is 14.4. The van der Waals surface area contributed by atoms with Crippen LogP contribution in [-0.2, 0) is 13.1 Å². The molecule has 3 aromatic rings. The van der Waals surface area contributed by atoms with Gasteiger partial charge < -0.3 is 9.88 Å². The normalized spacial score (nSPS) is 17.6. The predicted molar refractivity (Wildman–Crippen MR) is 103 cm³/mol. The van der Waals surface area contributed by atoms with Crippen molar-refractivity contribution >= 4 is 28.6 Å². The molecule has 4 heterocycles. The summed E-state index contributed by atoms with van der Waals surface area (Å²) in [7, 11) is 0. The second kappa shape index (κ2) is 8.11. The SMILES string of the molecule is O=C(NCCn1ccnc1)c1ccc(C2CCCN2Cc2nccs2)s1. The van der Waals surface area contributed by atoms with Crippen LogP contribution < -0.4 is 5.32 Å². The van der Waals surface area contributed by atoms with Crippen LogP contribution in [0.4, 0.5) is 0 Å². The van der Waals surface area contributed by atoms with Crippen LogP contribution in [0.3, 0.4) is 0 Å². The zero-order valence-corrected chi connectivity index (χ0v) is 16.0. The molecule has 1 aliphatic rings. The lowest BCUT2D eigenvalue weighted by molar-refractivity contribution is 0.0956. The van der Waals surface area contributed by atoms with Gasteiger partial charge in [0.05, 0.1) is 17.7 Å². The molecular formula is C18H21N5OS2. The van der Waals surface area contributed by atoms with Crippen molar-refractivity contribution in [3.63, 3.8) is 0 Å². The molecule has 0 bridgehead atoms. The van der Waals surface area contributed by atoms with Gasteiger partial charge in [0.1, 0.15) is 5.01 Å². The molecule has 26 heavy (non-hydrogen) atoms. The van der Waals surface area contributed by atoms with Crippen LogP contribution in [0.25, 0.3) is 0 Å². The molecule has 0 aliphatic carbocycles. The molecule has 1 amide bonds. The number of likely N-dealkylation sites (tertiary alicyclic amines) is 1. The third-order valence-electron chi connectivity index (χ3n) is 4.58. The van der Waals surface area contributed by atoms with Gasteiger partial charge in [0.25, 0.3) is 5.91 Å². The van der Waals surface area contributed by atoms with Crippen LogP contribution in [0.15, 0.2) is 42.4 Å². The van der Waals surface area contributed by atoms with Crippen molar-refractivity contribution in [2.45, 2.75) is 32.0 Å². The average Bonchev–Trinajstić information content (AvgIpc) is 3.43. The quantitative estimate of drug-likeness (QED) is 0.676. The highest BCUT2D eigenvalue weighted by atomic mass is 32.1. The van der Waals surface area contributed by atoms with Gasteiger partial charge in [-0.3, -0.25) is 9.69 Å². The van der Waals surface area contributed by atoms with Gasteiger partial charge in [-0.15, -0.1) is 22.7 Å². The number of imidazole rings is 1. The fraction of sp³-hybridized carbons (Fsp3) is 0.389. The maximum atomic E-state index is 12.4. The minimum atomic E-state index is 0.00540. The van der Waals surface area contributed by atoms with E-state index in [2.05, 4.69) is 26.3 Å². The van der Waals surface area contributed by atoms with Crippen molar-refractivity contribution in [3.8, 4) is 0 Å². The topological polar surface area (TPSA) is 63.1 Å². The Hall–Kier alpha value is -2.03. The highest BCUT2D eigenvalue weighted by Crippen LogP contribution is 2.37. The van der Waals surface area contributed by atoms with Crippen LogP contribution in [0, 0.1) is 0 Å². The molecule has 6 nitrogen and oxygen atoms in total. The lowest BCUT2D eigenvalue weighted by Gasteiger charge is -2.22. The number of thiophene rings is 1. The molecule has 1 aliphatic heterocycles. The monoisotopic (exact) mass is 387 g/mol. The summed E-state index contributed by atoms with van der Waals surface area (Å²) in [6, 6.07) is 4.46. The maximum absolute atomic E-state index is 12.4. The molecule has 8 heteroatoms. The van der Waals surface area contributed by atoms with Gasteiger partial charge in [0.15, 0.2) is 0 Å². The second-order valence-electron chi connectivity index (χ2n) is 6.31. The molecule has 4 rings (SSSR count). The number of nitrogens with one attached hydrogen (secondary N) is 1. The number of rotatable bonds is 7. The minimum absolute atomic E-state index is 0.00540. The number of amides is 1. The Balaban J connectivity index is 1.35. The Morgan fingerprint density at radius 3 is 3.12 bits per heavy atom. The third kappa shape index (κ3) is 4.03. The fourth-order valence-electron chi connectivity index (χ4n) is 3.30. The molecule has 1 unspecified atom stereocenters. The highest BCUT2D eigenvalue weighted by molar-refractivity contribution is 7.14. The summed E-state index contributed by atoms with van der Waals surface area (Å²) < 4.78 is 1.95. The second-order valence-corrected chi connectivity index (χ2v) is 8.41. The lowest BCUT2D eigenvalue weighted by Crippen LogP contribution is -2.26. The van der Waals surface area contributed by atoms with Crippen LogP contribution in [0.5, 0.6) is 0 Å². The fourth-order valence-corrected chi connectivity index (χ4v) is 5.04.